The monoisotopic (exact) mass is 260 g/mol. The van der Waals surface area contributed by atoms with Crippen LogP contribution in [0.1, 0.15) is 16.2 Å². The molecule has 6 nitrogen and oxygen atoms in total. The molecule has 0 bridgehead atoms. The van der Waals surface area contributed by atoms with Gasteiger partial charge in [0.25, 0.3) is 0 Å². The third-order valence-corrected chi connectivity index (χ3v) is 2.96. The molecule has 0 aliphatic heterocycles. The molecule has 1 aromatic heterocycles. The zero-order valence-corrected chi connectivity index (χ0v) is 10.9. The van der Waals surface area contributed by atoms with Crippen molar-refractivity contribution in [1.82, 2.24) is 9.55 Å². The number of aromatic nitrogens is 2. The number of aromatic carboxylic acids is 1. The Morgan fingerprint density at radius 3 is 2.84 bits per heavy atom. The number of carboxylic acids is 1. The molecule has 0 aliphatic carbocycles. The summed E-state index contributed by atoms with van der Waals surface area (Å²) in [6.45, 7) is 0.522. The van der Waals surface area contributed by atoms with Crippen LogP contribution >= 0.6 is 0 Å². The first-order chi connectivity index (χ1) is 8.99. The lowest BCUT2D eigenvalue weighted by Crippen LogP contribution is -2.21. The number of carboxylic acid groups (broad SMARTS) is 1. The molecule has 19 heavy (non-hydrogen) atoms. The van der Waals surface area contributed by atoms with Gasteiger partial charge in [-0.3, -0.25) is 0 Å². The number of nitrogens with two attached hydrogens (primary N) is 1. The minimum Gasteiger partial charge on any atom is -0.478 e. The van der Waals surface area contributed by atoms with Crippen molar-refractivity contribution in [3.63, 3.8) is 0 Å². The van der Waals surface area contributed by atoms with Crippen molar-refractivity contribution in [2.45, 2.75) is 6.54 Å². The van der Waals surface area contributed by atoms with Crippen molar-refractivity contribution in [1.29, 1.82) is 0 Å². The molecule has 2 aromatic rings. The van der Waals surface area contributed by atoms with Crippen LogP contribution in [-0.2, 0) is 13.6 Å². The molecule has 0 saturated heterocycles. The zero-order chi connectivity index (χ0) is 14.0. The van der Waals surface area contributed by atoms with Gasteiger partial charge in [0.2, 0.25) is 0 Å². The highest BCUT2D eigenvalue weighted by molar-refractivity contribution is 5.95. The highest BCUT2D eigenvalue weighted by atomic mass is 16.4. The molecule has 3 N–H and O–H groups in total. The van der Waals surface area contributed by atoms with Gasteiger partial charge in [-0.15, -0.1) is 0 Å². The lowest BCUT2D eigenvalue weighted by molar-refractivity contribution is 0.0697. The van der Waals surface area contributed by atoms with Crippen molar-refractivity contribution >= 4 is 17.3 Å². The first-order valence-corrected chi connectivity index (χ1v) is 5.79. The van der Waals surface area contributed by atoms with Gasteiger partial charge in [0.1, 0.15) is 5.82 Å². The van der Waals surface area contributed by atoms with E-state index in [1.165, 1.54) is 6.07 Å². The molecule has 0 fully saturated rings. The highest BCUT2D eigenvalue weighted by Crippen LogP contribution is 2.23. The van der Waals surface area contributed by atoms with Crippen LogP contribution in [0.5, 0.6) is 0 Å². The Hall–Kier alpha value is -2.50. The minimum atomic E-state index is -0.992. The summed E-state index contributed by atoms with van der Waals surface area (Å²) in [6, 6.07) is 4.87. The number of carbonyl (C=O) groups is 1. The molecule has 0 amide bonds. The van der Waals surface area contributed by atoms with Crippen LogP contribution in [0.3, 0.4) is 0 Å². The van der Waals surface area contributed by atoms with Crippen molar-refractivity contribution in [2.75, 3.05) is 17.7 Å². The Bertz CT molecular complexity index is 606. The molecule has 0 unspecified atom stereocenters. The summed E-state index contributed by atoms with van der Waals surface area (Å²) in [5.74, 6) is -0.135. The Morgan fingerprint density at radius 1 is 1.53 bits per heavy atom. The Labute approximate surface area is 111 Å². The number of nitrogens with zero attached hydrogens (tertiary/aromatic N) is 3. The van der Waals surface area contributed by atoms with Crippen LogP contribution in [0, 0.1) is 0 Å². The van der Waals surface area contributed by atoms with Gasteiger partial charge in [-0.25, -0.2) is 9.78 Å². The summed E-state index contributed by atoms with van der Waals surface area (Å²) in [6.07, 6.45) is 3.56. The molecule has 100 valence electrons. The van der Waals surface area contributed by atoms with Crippen molar-refractivity contribution in [3.8, 4) is 0 Å². The van der Waals surface area contributed by atoms with Gasteiger partial charge in [0, 0.05) is 32.2 Å². The summed E-state index contributed by atoms with van der Waals surface area (Å²) in [7, 11) is 3.73. The minimum absolute atomic E-state index is 0.191. The number of aryl methyl sites for hydroxylation is 1. The van der Waals surface area contributed by atoms with Gasteiger partial charge in [-0.2, -0.15) is 0 Å². The van der Waals surface area contributed by atoms with E-state index >= 15 is 0 Å². The van der Waals surface area contributed by atoms with E-state index in [2.05, 4.69) is 4.98 Å². The van der Waals surface area contributed by atoms with E-state index in [4.69, 9.17) is 5.73 Å². The summed E-state index contributed by atoms with van der Waals surface area (Å²) >= 11 is 0. The van der Waals surface area contributed by atoms with E-state index in [0.29, 0.717) is 17.9 Å². The van der Waals surface area contributed by atoms with Gasteiger partial charge in [0.15, 0.2) is 0 Å². The molecule has 1 heterocycles. The maximum atomic E-state index is 11.2. The van der Waals surface area contributed by atoms with Gasteiger partial charge in [-0.05, 0) is 18.2 Å². The third-order valence-electron chi connectivity index (χ3n) is 2.96. The molecule has 2 rings (SSSR count). The zero-order valence-electron chi connectivity index (χ0n) is 10.9. The first-order valence-electron chi connectivity index (χ1n) is 5.79. The van der Waals surface area contributed by atoms with Crippen molar-refractivity contribution in [2.24, 2.45) is 7.05 Å². The fraction of sp³-hybridized carbons (Fsp3) is 0.231. The van der Waals surface area contributed by atoms with Gasteiger partial charge in [0.05, 0.1) is 17.8 Å². The largest absolute Gasteiger partial charge is 0.478 e. The number of imidazole rings is 1. The maximum Gasteiger partial charge on any atom is 0.337 e. The van der Waals surface area contributed by atoms with Crippen LogP contribution in [0.4, 0.5) is 11.4 Å². The fourth-order valence-electron chi connectivity index (χ4n) is 1.90. The van der Waals surface area contributed by atoms with Crippen molar-refractivity contribution in [3.05, 3.63) is 42.0 Å². The summed E-state index contributed by atoms with van der Waals surface area (Å²) in [4.78, 5) is 17.3. The molecule has 0 atom stereocenters. The number of hydrogen-bond donors (Lipinski definition) is 2. The van der Waals surface area contributed by atoms with Crippen LogP contribution in [0.15, 0.2) is 30.6 Å². The maximum absolute atomic E-state index is 11.2. The van der Waals surface area contributed by atoms with Crippen LogP contribution in [-0.4, -0.2) is 27.7 Å². The second-order valence-corrected chi connectivity index (χ2v) is 4.39. The number of hydrogen-bond acceptors (Lipinski definition) is 4. The standard InChI is InChI=1S/C13H16N4O2/c1-16-6-5-15-12(16)8-17(2)11-4-3-9(14)7-10(11)13(18)19/h3-7H,8,14H2,1-2H3,(H,18,19). The molecule has 0 radical (unpaired) electrons. The lowest BCUT2D eigenvalue weighted by Gasteiger charge is -2.21. The molecule has 0 saturated carbocycles. The number of benzene rings is 1. The Morgan fingerprint density at radius 2 is 2.26 bits per heavy atom. The third kappa shape index (κ3) is 2.67. The highest BCUT2D eigenvalue weighted by Gasteiger charge is 2.15. The lowest BCUT2D eigenvalue weighted by atomic mass is 10.1. The summed E-state index contributed by atoms with van der Waals surface area (Å²) in [5, 5.41) is 9.22. The van der Waals surface area contributed by atoms with Gasteiger partial charge >= 0.3 is 5.97 Å². The van der Waals surface area contributed by atoms with E-state index in [-0.39, 0.29) is 5.56 Å². The summed E-state index contributed by atoms with van der Waals surface area (Å²) in [5.41, 5.74) is 6.87. The van der Waals surface area contributed by atoms with E-state index in [1.807, 2.05) is 29.8 Å². The van der Waals surface area contributed by atoms with E-state index in [9.17, 15) is 9.90 Å². The number of anilines is 2. The topological polar surface area (TPSA) is 84.4 Å². The first kappa shape index (κ1) is 12.9. The molecular formula is C13H16N4O2. The molecule has 1 aromatic carbocycles. The normalized spacial score (nSPS) is 10.4. The average Bonchev–Trinajstić information content (AvgIpc) is 2.74. The number of rotatable bonds is 4. The average molecular weight is 260 g/mol. The molecule has 6 heteroatoms. The second kappa shape index (κ2) is 5.01. The Kier molecular flexibility index (Phi) is 3.41. The van der Waals surface area contributed by atoms with Crippen molar-refractivity contribution < 1.29 is 9.90 Å². The molecule has 0 spiro atoms. The quantitative estimate of drug-likeness (QED) is 0.810. The summed E-state index contributed by atoms with van der Waals surface area (Å²) < 4.78 is 1.90. The number of nitrogen functional groups attached to an aromatic ring is 1. The molecule has 0 aliphatic rings. The predicted molar refractivity (Wildman–Crippen MR) is 73.1 cm³/mol. The van der Waals surface area contributed by atoms with Crippen LogP contribution in [0.2, 0.25) is 0 Å². The van der Waals surface area contributed by atoms with E-state index in [0.717, 1.165) is 5.82 Å². The SMILES string of the molecule is CN(Cc1nccn1C)c1ccc(N)cc1C(=O)O. The van der Waals surface area contributed by atoms with Gasteiger partial charge < -0.3 is 20.3 Å². The van der Waals surface area contributed by atoms with Crippen LogP contribution < -0.4 is 10.6 Å². The second-order valence-electron chi connectivity index (χ2n) is 4.39. The van der Waals surface area contributed by atoms with Crippen LogP contribution in [0.25, 0.3) is 0 Å². The smallest absolute Gasteiger partial charge is 0.337 e. The van der Waals surface area contributed by atoms with Gasteiger partial charge in [-0.1, -0.05) is 0 Å². The predicted octanol–water partition coefficient (Wildman–Crippen LogP) is 1.34. The Balaban J connectivity index is 2.31. The van der Waals surface area contributed by atoms with E-state index < -0.39 is 5.97 Å². The van der Waals surface area contributed by atoms with E-state index in [1.54, 1.807) is 18.3 Å². The fourth-order valence-corrected chi connectivity index (χ4v) is 1.90. The molecular weight excluding hydrogens is 244 g/mol.